The second-order valence-electron chi connectivity index (χ2n) is 7.06. The van der Waals surface area contributed by atoms with Crippen LogP contribution in [0.15, 0.2) is 76.3 Å². The van der Waals surface area contributed by atoms with Crippen molar-refractivity contribution in [3.63, 3.8) is 0 Å². The number of thioether (sulfide) groups is 1. The summed E-state index contributed by atoms with van der Waals surface area (Å²) in [5.41, 5.74) is 3.19. The van der Waals surface area contributed by atoms with Gasteiger partial charge >= 0.3 is 5.97 Å². The number of nitrogens with zero attached hydrogens (tertiary/aromatic N) is 1. The maximum atomic E-state index is 12.8. The SMILES string of the molecule is C=CCOC(=O)C1=C(C)NC(SCC(=O)Nc2ccc(C)cc2)=C(C#N)[C@H]1c1cccs1. The molecule has 0 saturated heterocycles. The summed E-state index contributed by atoms with van der Waals surface area (Å²) in [5, 5.41) is 18.4. The first-order chi connectivity index (χ1) is 15.4. The number of thiophene rings is 1. The number of nitrogens with one attached hydrogen (secondary N) is 2. The Balaban J connectivity index is 1.83. The predicted molar refractivity (Wildman–Crippen MR) is 129 cm³/mol. The summed E-state index contributed by atoms with van der Waals surface area (Å²) in [7, 11) is 0. The zero-order chi connectivity index (χ0) is 23.1. The van der Waals surface area contributed by atoms with Crippen LogP contribution in [0, 0.1) is 18.3 Å². The van der Waals surface area contributed by atoms with Gasteiger partial charge in [0.25, 0.3) is 0 Å². The summed E-state index contributed by atoms with van der Waals surface area (Å²) in [6.07, 6.45) is 1.50. The Morgan fingerprint density at radius 1 is 1.31 bits per heavy atom. The van der Waals surface area contributed by atoms with E-state index < -0.39 is 11.9 Å². The van der Waals surface area contributed by atoms with Gasteiger partial charge < -0.3 is 15.4 Å². The van der Waals surface area contributed by atoms with Crippen LogP contribution in [-0.2, 0) is 14.3 Å². The molecule has 1 aromatic carbocycles. The Morgan fingerprint density at radius 3 is 2.69 bits per heavy atom. The molecule has 0 fully saturated rings. The van der Waals surface area contributed by atoms with Crippen LogP contribution in [0.25, 0.3) is 0 Å². The number of allylic oxidation sites excluding steroid dienone is 2. The second kappa shape index (κ2) is 10.8. The molecule has 1 amide bonds. The number of benzene rings is 1. The van der Waals surface area contributed by atoms with Crippen molar-refractivity contribution in [1.82, 2.24) is 5.32 Å². The molecule has 164 valence electrons. The van der Waals surface area contributed by atoms with Gasteiger partial charge in [-0.15, -0.1) is 11.3 Å². The van der Waals surface area contributed by atoms with E-state index >= 15 is 0 Å². The van der Waals surface area contributed by atoms with E-state index in [0.29, 0.717) is 27.6 Å². The molecule has 0 aliphatic carbocycles. The molecule has 6 nitrogen and oxygen atoms in total. The molecule has 1 aromatic heterocycles. The van der Waals surface area contributed by atoms with Crippen molar-refractivity contribution in [2.24, 2.45) is 0 Å². The van der Waals surface area contributed by atoms with Gasteiger partial charge in [0.2, 0.25) is 5.91 Å². The number of carbonyl (C=O) groups is 2. The van der Waals surface area contributed by atoms with E-state index in [-0.39, 0.29) is 18.3 Å². The standard InChI is InChI=1S/C24H23N3O3S2/c1-4-11-30-24(29)21-16(3)26-23(18(13-25)22(21)19-6-5-12-31-19)32-14-20(28)27-17-9-7-15(2)8-10-17/h4-10,12,22,26H,1,11,14H2,2-3H3,(H,27,28)/t22-/m0/s1. The summed E-state index contributed by atoms with van der Waals surface area (Å²) >= 11 is 2.69. The maximum absolute atomic E-state index is 12.8. The van der Waals surface area contributed by atoms with Crippen molar-refractivity contribution < 1.29 is 14.3 Å². The molecule has 1 aliphatic heterocycles. The predicted octanol–water partition coefficient (Wildman–Crippen LogP) is 4.85. The second-order valence-corrected chi connectivity index (χ2v) is 9.02. The van der Waals surface area contributed by atoms with Gasteiger partial charge in [0.1, 0.15) is 6.61 Å². The van der Waals surface area contributed by atoms with Crippen molar-refractivity contribution in [2.75, 3.05) is 17.7 Å². The first-order valence-electron chi connectivity index (χ1n) is 9.87. The average molecular weight is 466 g/mol. The number of amides is 1. The van der Waals surface area contributed by atoms with Crippen LogP contribution in [-0.4, -0.2) is 24.2 Å². The molecule has 1 atom stereocenters. The van der Waals surface area contributed by atoms with Gasteiger partial charge in [0.15, 0.2) is 0 Å². The minimum absolute atomic E-state index is 0.0825. The van der Waals surface area contributed by atoms with E-state index in [1.807, 2.05) is 48.7 Å². The Bertz CT molecular complexity index is 1110. The Kier molecular flexibility index (Phi) is 7.92. The third kappa shape index (κ3) is 5.49. The molecular weight excluding hydrogens is 442 g/mol. The highest BCUT2D eigenvalue weighted by atomic mass is 32.2. The van der Waals surface area contributed by atoms with Crippen molar-refractivity contribution in [2.45, 2.75) is 19.8 Å². The summed E-state index contributed by atoms with van der Waals surface area (Å²) < 4.78 is 5.28. The molecule has 0 saturated carbocycles. The lowest BCUT2D eigenvalue weighted by Gasteiger charge is -2.28. The number of nitriles is 1. The van der Waals surface area contributed by atoms with Crippen molar-refractivity contribution in [3.8, 4) is 6.07 Å². The molecule has 0 unspecified atom stereocenters. The van der Waals surface area contributed by atoms with Crippen LogP contribution in [0.2, 0.25) is 0 Å². The van der Waals surface area contributed by atoms with Gasteiger partial charge in [-0.3, -0.25) is 4.79 Å². The Labute approximate surface area is 195 Å². The monoisotopic (exact) mass is 465 g/mol. The highest BCUT2D eigenvalue weighted by molar-refractivity contribution is 8.03. The Hall–Kier alpha value is -3.28. The van der Waals surface area contributed by atoms with E-state index in [1.54, 1.807) is 6.92 Å². The van der Waals surface area contributed by atoms with Gasteiger partial charge in [-0.05, 0) is 37.4 Å². The summed E-state index contributed by atoms with van der Waals surface area (Å²) in [6.45, 7) is 7.41. The van der Waals surface area contributed by atoms with Gasteiger partial charge in [0.05, 0.1) is 33.9 Å². The molecule has 8 heteroatoms. The fourth-order valence-electron chi connectivity index (χ4n) is 3.22. The number of hydrogen-bond donors (Lipinski definition) is 2. The van der Waals surface area contributed by atoms with Gasteiger partial charge in [-0.25, -0.2) is 4.79 Å². The van der Waals surface area contributed by atoms with Crippen molar-refractivity contribution in [3.05, 3.63) is 86.7 Å². The van der Waals surface area contributed by atoms with Crippen molar-refractivity contribution in [1.29, 1.82) is 5.26 Å². The number of esters is 1. The molecule has 0 radical (unpaired) electrons. The zero-order valence-electron chi connectivity index (χ0n) is 17.8. The molecule has 32 heavy (non-hydrogen) atoms. The quantitative estimate of drug-likeness (QED) is 0.428. The van der Waals surface area contributed by atoms with Crippen LogP contribution >= 0.6 is 23.1 Å². The lowest BCUT2D eigenvalue weighted by atomic mass is 9.87. The molecule has 2 N–H and O–H groups in total. The first-order valence-corrected chi connectivity index (χ1v) is 11.7. The fourth-order valence-corrected chi connectivity index (χ4v) is 4.96. The Morgan fingerprint density at radius 2 is 2.06 bits per heavy atom. The van der Waals surface area contributed by atoms with Gasteiger partial charge in [-0.2, -0.15) is 5.26 Å². The minimum Gasteiger partial charge on any atom is -0.458 e. The van der Waals surface area contributed by atoms with E-state index in [0.717, 1.165) is 10.4 Å². The summed E-state index contributed by atoms with van der Waals surface area (Å²) in [4.78, 5) is 26.1. The summed E-state index contributed by atoms with van der Waals surface area (Å²) in [6, 6.07) is 13.5. The fraction of sp³-hybridized carbons (Fsp3) is 0.208. The number of dihydropyridines is 1. The lowest BCUT2D eigenvalue weighted by molar-refractivity contribution is -0.138. The van der Waals surface area contributed by atoms with Crippen LogP contribution in [0.5, 0.6) is 0 Å². The number of carbonyl (C=O) groups excluding carboxylic acids is 2. The first kappa shape index (κ1) is 23.4. The molecule has 1 aliphatic rings. The number of rotatable bonds is 8. The molecule has 3 rings (SSSR count). The maximum Gasteiger partial charge on any atom is 0.337 e. The number of hydrogen-bond acceptors (Lipinski definition) is 7. The molecule has 0 spiro atoms. The lowest BCUT2D eigenvalue weighted by Crippen LogP contribution is -2.29. The summed E-state index contributed by atoms with van der Waals surface area (Å²) in [5.74, 6) is -1.12. The third-order valence-electron chi connectivity index (χ3n) is 4.71. The van der Waals surface area contributed by atoms with Gasteiger partial charge in [-0.1, -0.05) is 48.2 Å². The van der Waals surface area contributed by atoms with E-state index in [1.165, 1.54) is 29.2 Å². The number of aryl methyl sites for hydroxylation is 1. The van der Waals surface area contributed by atoms with E-state index in [4.69, 9.17) is 4.74 Å². The minimum atomic E-state index is -0.554. The van der Waals surface area contributed by atoms with E-state index in [2.05, 4.69) is 23.3 Å². The molecule has 2 aromatic rings. The highest BCUT2D eigenvalue weighted by Crippen LogP contribution is 2.42. The third-order valence-corrected chi connectivity index (χ3v) is 6.66. The van der Waals surface area contributed by atoms with E-state index in [9.17, 15) is 14.9 Å². The van der Waals surface area contributed by atoms with Crippen molar-refractivity contribution >= 4 is 40.7 Å². The largest absolute Gasteiger partial charge is 0.458 e. The van der Waals surface area contributed by atoms with Crippen LogP contribution in [0.1, 0.15) is 23.3 Å². The molecule has 2 heterocycles. The average Bonchev–Trinajstić information content (AvgIpc) is 3.31. The van der Waals surface area contributed by atoms with Crippen LogP contribution in [0.4, 0.5) is 5.69 Å². The number of ether oxygens (including phenoxy) is 1. The van der Waals surface area contributed by atoms with Gasteiger partial charge in [0, 0.05) is 16.3 Å². The molecular formula is C24H23N3O3S2. The number of anilines is 1. The normalized spacial score (nSPS) is 15.6. The zero-order valence-corrected chi connectivity index (χ0v) is 19.4. The highest BCUT2D eigenvalue weighted by Gasteiger charge is 2.36. The topological polar surface area (TPSA) is 91.2 Å². The molecule has 0 bridgehead atoms. The van der Waals surface area contributed by atoms with Crippen LogP contribution < -0.4 is 10.6 Å². The van der Waals surface area contributed by atoms with Crippen LogP contribution in [0.3, 0.4) is 0 Å². The smallest absolute Gasteiger partial charge is 0.337 e.